The Morgan fingerprint density at radius 2 is 2.13 bits per heavy atom. The maximum absolute atomic E-state index is 6.12. The molecule has 1 unspecified atom stereocenters. The van der Waals surface area contributed by atoms with Gasteiger partial charge in [0.1, 0.15) is 5.75 Å². The number of ether oxygens (including phenoxy) is 1. The summed E-state index contributed by atoms with van der Waals surface area (Å²) in [4.78, 5) is 0. The Hall–Kier alpha value is -0.730. The van der Waals surface area contributed by atoms with Gasteiger partial charge >= 0.3 is 0 Å². The summed E-state index contributed by atoms with van der Waals surface area (Å²) in [5.41, 5.74) is 7.84. The highest BCUT2D eigenvalue weighted by molar-refractivity contribution is 6.32. The fourth-order valence-corrected chi connectivity index (χ4v) is 2.07. The first-order valence-corrected chi connectivity index (χ1v) is 5.52. The summed E-state index contributed by atoms with van der Waals surface area (Å²) < 4.78 is 5.21. The number of nitrogens with two attached hydrogens (primary N) is 1. The number of rotatable bonds is 4. The summed E-state index contributed by atoms with van der Waals surface area (Å²) in [6.45, 7) is 4.86. The molecule has 3 heteroatoms. The van der Waals surface area contributed by atoms with Gasteiger partial charge in [0.25, 0.3) is 0 Å². The van der Waals surface area contributed by atoms with E-state index in [0.717, 1.165) is 17.7 Å². The first kappa shape index (κ1) is 12.3. The molecular weight excluding hydrogens is 210 g/mol. The van der Waals surface area contributed by atoms with E-state index in [1.807, 2.05) is 13.0 Å². The fraction of sp³-hybridized carbons (Fsp3) is 0.500. The van der Waals surface area contributed by atoms with Crippen molar-refractivity contribution >= 4 is 11.6 Å². The quantitative estimate of drug-likeness (QED) is 0.858. The van der Waals surface area contributed by atoms with Crippen LogP contribution in [0.3, 0.4) is 0 Å². The van der Waals surface area contributed by atoms with Crippen molar-refractivity contribution in [3.05, 3.63) is 28.3 Å². The minimum Gasteiger partial charge on any atom is -0.495 e. The number of hydrogen-bond donors (Lipinski definition) is 1. The normalized spacial score (nSPS) is 12.6. The fourth-order valence-electron chi connectivity index (χ4n) is 1.72. The molecule has 0 heterocycles. The lowest BCUT2D eigenvalue weighted by molar-refractivity contribution is 0.411. The van der Waals surface area contributed by atoms with Crippen molar-refractivity contribution in [3.8, 4) is 5.75 Å². The van der Waals surface area contributed by atoms with Crippen LogP contribution in [0.15, 0.2) is 12.1 Å². The highest BCUT2D eigenvalue weighted by Gasteiger charge is 2.10. The number of aryl methyl sites for hydroxylation is 1. The zero-order valence-electron chi connectivity index (χ0n) is 9.51. The third-order valence-electron chi connectivity index (χ3n) is 2.62. The summed E-state index contributed by atoms with van der Waals surface area (Å²) in [6.07, 6.45) is 0.974. The molecule has 0 aliphatic rings. The van der Waals surface area contributed by atoms with Crippen molar-refractivity contribution < 1.29 is 4.74 Å². The van der Waals surface area contributed by atoms with Gasteiger partial charge in [0.05, 0.1) is 12.1 Å². The summed E-state index contributed by atoms with van der Waals surface area (Å²) in [5.74, 6) is 1.21. The number of methoxy groups -OCH3 is 1. The summed E-state index contributed by atoms with van der Waals surface area (Å²) in [7, 11) is 1.64. The van der Waals surface area contributed by atoms with E-state index in [1.165, 1.54) is 5.56 Å². The van der Waals surface area contributed by atoms with Gasteiger partial charge in [-0.25, -0.2) is 0 Å². The molecule has 1 atom stereocenters. The van der Waals surface area contributed by atoms with Crippen LogP contribution in [0.25, 0.3) is 0 Å². The second-order valence-corrected chi connectivity index (χ2v) is 4.24. The van der Waals surface area contributed by atoms with Crippen LogP contribution in [-0.4, -0.2) is 13.7 Å². The molecule has 0 saturated carbocycles. The van der Waals surface area contributed by atoms with E-state index in [9.17, 15) is 0 Å². The van der Waals surface area contributed by atoms with E-state index in [1.54, 1.807) is 7.11 Å². The second kappa shape index (κ2) is 5.38. The van der Waals surface area contributed by atoms with Crippen molar-refractivity contribution in [3.63, 3.8) is 0 Å². The van der Waals surface area contributed by atoms with Gasteiger partial charge in [-0.05, 0) is 43.0 Å². The molecule has 0 amide bonds. The molecular formula is C12H18ClNO. The van der Waals surface area contributed by atoms with E-state index in [2.05, 4.69) is 13.0 Å². The van der Waals surface area contributed by atoms with Crippen molar-refractivity contribution in [1.82, 2.24) is 0 Å². The van der Waals surface area contributed by atoms with Crippen LogP contribution in [0.1, 0.15) is 30.4 Å². The monoisotopic (exact) mass is 227 g/mol. The first-order chi connectivity index (χ1) is 7.10. The van der Waals surface area contributed by atoms with Crippen LogP contribution in [0.4, 0.5) is 0 Å². The van der Waals surface area contributed by atoms with E-state index < -0.39 is 0 Å². The van der Waals surface area contributed by atoms with Crippen LogP contribution in [-0.2, 0) is 0 Å². The zero-order valence-corrected chi connectivity index (χ0v) is 10.3. The predicted molar refractivity (Wildman–Crippen MR) is 64.8 cm³/mol. The lowest BCUT2D eigenvalue weighted by atomic mass is 9.96. The van der Waals surface area contributed by atoms with Gasteiger partial charge in [-0.2, -0.15) is 0 Å². The largest absolute Gasteiger partial charge is 0.495 e. The highest BCUT2D eigenvalue weighted by Crippen LogP contribution is 2.32. The third kappa shape index (κ3) is 2.86. The van der Waals surface area contributed by atoms with Gasteiger partial charge in [-0.1, -0.05) is 24.6 Å². The Balaban J connectivity index is 3.02. The Labute approximate surface area is 96.4 Å². The van der Waals surface area contributed by atoms with Crippen molar-refractivity contribution in [1.29, 1.82) is 0 Å². The van der Waals surface area contributed by atoms with E-state index in [-0.39, 0.29) is 0 Å². The minimum absolute atomic E-state index is 0.442. The molecule has 1 rings (SSSR count). The number of benzene rings is 1. The molecule has 2 N–H and O–H groups in total. The van der Waals surface area contributed by atoms with Crippen molar-refractivity contribution in [2.24, 2.45) is 5.73 Å². The molecule has 0 fully saturated rings. The zero-order chi connectivity index (χ0) is 11.4. The third-order valence-corrected chi connectivity index (χ3v) is 2.91. The van der Waals surface area contributed by atoms with E-state index in [4.69, 9.17) is 22.1 Å². The minimum atomic E-state index is 0.442. The van der Waals surface area contributed by atoms with Crippen LogP contribution in [0.5, 0.6) is 5.75 Å². The number of hydrogen-bond acceptors (Lipinski definition) is 2. The number of halogens is 1. The summed E-state index contributed by atoms with van der Waals surface area (Å²) in [5, 5.41) is 0.677. The van der Waals surface area contributed by atoms with Crippen LogP contribution < -0.4 is 10.5 Å². The van der Waals surface area contributed by atoms with Gasteiger partial charge in [0.2, 0.25) is 0 Å². The predicted octanol–water partition coefficient (Wildman–Crippen LogP) is 3.11. The average molecular weight is 228 g/mol. The summed E-state index contributed by atoms with van der Waals surface area (Å²) in [6, 6.07) is 4.08. The lowest BCUT2D eigenvalue weighted by Gasteiger charge is -2.14. The molecule has 0 radical (unpaired) electrons. The van der Waals surface area contributed by atoms with Crippen LogP contribution >= 0.6 is 11.6 Å². The van der Waals surface area contributed by atoms with Gasteiger partial charge in [0.15, 0.2) is 0 Å². The molecule has 1 aromatic carbocycles. The molecule has 0 aliphatic carbocycles. The molecule has 0 spiro atoms. The lowest BCUT2D eigenvalue weighted by Crippen LogP contribution is -2.05. The second-order valence-electron chi connectivity index (χ2n) is 3.83. The van der Waals surface area contributed by atoms with Crippen molar-refractivity contribution in [2.45, 2.75) is 26.2 Å². The Bertz CT molecular complexity index is 315. The molecule has 0 aromatic heterocycles. The Morgan fingerprint density at radius 1 is 1.47 bits per heavy atom. The molecule has 84 valence electrons. The van der Waals surface area contributed by atoms with Gasteiger partial charge in [-0.15, -0.1) is 0 Å². The molecule has 0 bridgehead atoms. The van der Waals surface area contributed by atoms with Gasteiger partial charge in [0, 0.05) is 0 Å². The molecule has 2 nitrogen and oxygen atoms in total. The average Bonchev–Trinajstić information content (AvgIpc) is 2.17. The summed E-state index contributed by atoms with van der Waals surface area (Å²) >= 11 is 6.12. The Kier molecular flexibility index (Phi) is 4.43. The topological polar surface area (TPSA) is 35.2 Å². The standard InChI is InChI=1S/C12H18ClNO/c1-8(4-5-14)10-6-9(2)12(15-3)11(13)7-10/h6-8H,4-5,14H2,1-3H3. The highest BCUT2D eigenvalue weighted by atomic mass is 35.5. The molecule has 0 saturated heterocycles. The maximum atomic E-state index is 6.12. The van der Waals surface area contributed by atoms with E-state index in [0.29, 0.717) is 17.5 Å². The van der Waals surface area contributed by atoms with Crippen LogP contribution in [0, 0.1) is 6.92 Å². The molecule has 0 aliphatic heterocycles. The molecule has 1 aromatic rings. The smallest absolute Gasteiger partial charge is 0.140 e. The van der Waals surface area contributed by atoms with Gasteiger partial charge in [-0.3, -0.25) is 0 Å². The van der Waals surface area contributed by atoms with Crippen LogP contribution in [0.2, 0.25) is 5.02 Å². The van der Waals surface area contributed by atoms with Gasteiger partial charge < -0.3 is 10.5 Å². The first-order valence-electron chi connectivity index (χ1n) is 5.14. The Morgan fingerprint density at radius 3 is 2.60 bits per heavy atom. The van der Waals surface area contributed by atoms with Crippen molar-refractivity contribution in [2.75, 3.05) is 13.7 Å². The van der Waals surface area contributed by atoms with E-state index >= 15 is 0 Å². The molecule has 15 heavy (non-hydrogen) atoms. The SMILES string of the molecule is COc1c(C)cc(C(C)CCN)cc1Cl. The maximum Gasteiger partial charge on any atom is 0.140 e.